The predicted molar refractivity (Wildman–Crippen MR) is 66.0 cm³/mol. The number of hydrogen-bond donors (Lipinski definition) is 1. The van der Waals surface area contributed by atoms with Crippen LogP contribution in [0.25, 0.3) is 0 Å². The van der Waals surface area contributed by atoms with Crippen molar-refractivity contribution in [3.05, 3.63) is 23.2 Å². The molecule has 0 unspecified atom stereocenters. The number of sulfonamides is 1. The smallest absolute Gasteiger partial charge is 0.240 e. The molecule has 17 heavy (non-hydrogen) atoms. The third-order valence-electron chi connectivity index (χ3n) is 2.41. The van der Waals surface area contributed by atoms with E-state index in [0.29, 0.717) is 17.4 Å². The van der Waals surface area contributed by atoms with E-state index >= 15 is 0 Å². The Morgan fingerprint density at radius 2 is 2.18 bits per heavy atom. The minimum absolute atomic E-state index is 0.0883. The van der Waals surface area contributed by atoms with Gasteiger partial charge in [-0.2, -0.15) is 0 Å². The highest BCUT2D eigenvalue weighted by Gasteiger charge is 2.28. The third kappa shape index (κ3) is 3.12. The van der Waals surface area contributed by atoms with E-state index in [4.69, 9.17) is 16.3 Å². The lowest BCUT2D eigenvalue weighted by molar-refractivity contribution is 0.340. The summed E-state index contributed by atoms with van der Waals surface area (Å²) < 4.78 is 31.6. The summed E-state index contributed by atoms with van der Waals surface area (Å²) in [7, 11) is -3.44. The molecular formula is C11H14ClNO3S. The summed E-state index contributed by atoms with van der Waals surface area (Å²) in [4.78, 5) is 0.179. The Kier molecular flexibility index (Phi) is 3.61. The average Bonchev–Trinajstić information content (AvgIpc) is 3.04. The Hall–Kier alpha value is -0.780. The molecule has 1 aromatic rings. The summed E-state index contributed by atoms with van der Waals surface area (Å²) in [6.07, 6.45) is 1.81. The van der Waals surface area contributed by atoms with Gasteiger partial charge in [0.2, 0.25) is 10.0 Å². The first-order chi connectivity index (χ1) is 8.03. The first kappa shape index (κ1) is 12.7. The van der Waals surface area contributed by atoms with E-state index in [1.165, 1.54) is 12.1 Å². The van der Waals surface area contributed by atoms with Crippen LogP contribution in [0.15, 0.2) is 23.1 Å². The van der Waals surface area contributed by atoms with Crippen LogP contribution in [0.5, 0.6) is 5.75 Å². The predicted octanol–water partition coefficient (Wildman–Crippen LogP) is 2.18. The highest BCUT2D eigenvalue weighted by atomic mass is 35.5. The minimum atomic E-state index is -3.44. The van der Waals surface area contributed by atoms with Gasteiger partial charge in [-0.1, -0.05) is 11.6 Å². The van der Waals surface area contributed by atoms with Crippen molar-refractivity contribution in [2.45, 2.75) is 30.7 Å². The summed E-state index contributed by atoms with van der Waals surface area (Å²) in [5, 5.41) is 0.311. The fraction of sp³-hybridized carbons (Fsp3) is 0.455. The van der Waals surface area contributed by atoms with Crippen molar-refractivity contribution in [3.8, 4) is 5.75 Å². The highest BCUT2D eigenvalue weighted by molar-refractivity contribution is 7.89. The van der Waals surface area contributed by atoms with Crippen LogP contribution in [-0.2, 0) is 10.0 Å². The molecule has 0 atom stereocenters. The van der Waals surface area contributed by atoms with Gasteiger partial charge in [-0.25, -0.2) is 13.1 Å². The molecule has 1 N–H and O–H groups in total. The lowest BCUT2D eigenvalue weighted by Gasteiger charge is -2.09. The second-order valence-corrected chi connectivity index (χ2v) is 6.04. The maximum Gasteiger partial charge on any atom is 0.240 e. The summed E-state index contributed by atoms with van der Waals surface area (Å²) >= 11 is 5.95. The van der Waals surface area contributed by atoms with Crippen molar-refractivity contribution in [1.29, 1.82) is 0 Å². The fourth-order valence-corrected chi connectivity index (χ4v) is 3.04. The highest BCUT2D eigenvalue weighted by Crippen LogP contribution is 2.28. The molecule has 0 saturated heterocycles. The third-order valence-corrected chi connectivity index (χ3v) is 4.23. The van der Waals surface area contributed by atoms with Gasteiger partial charge in [-0.3, -0.25) is 0 Å². The Balaban J connectivity index is 2.23. The van der Waals surface area contributed by atoms with E-state index in [1.807, 2.05) is 6.92 Å². The molecule has 0 heterocycles. The molecule has 0 aromatic heterocycles. The molecule has 1 aliphatic carbocycles. The van der Waals surface area contributed by atoms with Crippen molar-refractivity contribution < 1.29 is 13.2 Å². The van der Waals surface area contributed by atoms with Crippen molar-refractivity contribution >= 4 is 21.6 Å². The van der Waals surface area contributed by atoms with Crippen LogP contribution in [0.3, 0.4) is 0 Å². The van der Waals surface area contributed by atoms with E-state index in [1.54, 1.807) is 6.07 Å². The van der Waals surface area contributed by atoms with E-state index in [2.05, 4.69) is 4.72 Å². The largest absolute Gasteiger partial charge is 0.492 e. The van der Waals surface area contributed by atoms with Gasteiger partial charge in [-0.15, -0.1) is 0 Å². The standard InChI is InChI=1S/C11H14ClNO3S/c1-2-16-11-6-5-9(7-10(11)12)17(14,15)13-8-3-4-8/h5-8,13H,2-4H2,1H3. The first-order valence-electron chi connectivity index (χ1n) is 5.47. The molecular weight excluding hydrogens is 262 g/mol. The quantitative estimate of drug-likeness (QED) is 0.896. The molecule has 0 amide bonds. The Bertz CT molecular complexity index is 511. The molecule has 2 rings (SSSR count). The van der Waals surface area contributed by atoms with Crippen LogP contribution in [0.1, 0.15) is 19.8 Å². The minimum Gasteiger partial charge on any atom is -0.492 e. The second kappa shape index (κ2) is 4.84. The average molecular weight is 276 g/mol. The lowest BCUT2D eigenvalue weighted by atomic mass is 10.3. The normalized spacial score (nSPS) is 15.9. The number of nitrogens with one attached hydrogen (secondary N) is 1. The van der Waals surface area contributed by atoms with Crippen LogP contribution >= 0.6 is 11.6 Å². The summed E-state index contributed by atoms with van der Waals surface area (Å²) in [6.45, 7) is 2.34. The van der Waals surface area contributed by atoms with Gasteiger partial charge in [-0.05, 0) is 38.0 Å². The maximum absolute atomic E-state index is 11.9. The van der Waals surface area contributed by atoms with Crippen LogP contribution in [-0.4, -0.2) is 21.1 Å². The van der Waals surface area contributed by atoms with E-state index in [-0.39, 0.29) is 10.9 Å². The van der Waals surface area contributed by atoms with Crippen molar-refractivity contribution in [2.24, 2.45) is 0 Å². The number of halogens is 1. The molecule has 94 valence electrons. The van der Waals surface area contributed by atoms with Crippen molar-refractivity contribution in [2.75, 3.05) is 6.61 Å². The Morgan fingerprint density at radius 1 is 1.47 bits per heavy atom. The van der Waals surface area contributed by atoms with Gasteiger partial charge in [0.15, 0.2) is 0 Å². The molecule has 4 nitrogen and oxygen atoms in total. The molecule has 0 spiro atoms. The van der Waals surface area contributed by atoms with Gasteiger partial charge in [0.25, 0.3) is 0 Å². The zero-order valence-corrected chi connectivity index (χ0v) is 11.0. The second-order valence-electron chi connectivity index (χ2n) is 3.92. The zero-order chi connectivity index (χ0) is 12.5. The Morgan fingerprint density at radius 3 is 2.71 bits per heavy atom. The van der Waals surface area contributed by atoms with E-state index in [9.17, 15) is 8.42 Å². The monoisotopic (exact) mass is 275 g/mol. The summed E-state index contributed by atoms with van der Waals surface area (Å²) in [5.41, 5.74) is 0. The van der Waals surface area contributed by atoms with Crippen LogP contribution in [0.2, 0.25) is 5.02 Å². The molecule has 1 aromatic carbocycles. The lowest BCUT2D eigenvalue weighted by Crippen LogP contribution is -2.25. The number of rotatable bonds is 5. The SMILES string of the molecule is CCOc1ccc(S(=O)(=O)NC2CC2)cc1Cl. The van der Waals surface area contributed by atoms with Crippen molar-refractivity contribution in [3.63, 3.8) is 0 Å². The molecule has 1 aliphatic rings. The molecule has 0 aliphatic heterocycles. The maximum atomic E-state index is 11.9. The van der Waals surface area contributed by atoms with Gasteiger partial charge >= 0.3 is 0 Å². The molecule has 1 saturated carbocycles. The van der Waals surface area contributed by atoms with E-state index in [0.717, 1.165) is 12.8 Å². The fourth-order valence-electron chi connectivity index (χ4n) is 1.41. The van der Waals surface area contributed by atoms with Crippen LogP contribution in [0.4, 0.5) is 0 Å². The first-order valence-corrected chi connectivity index (χ1v) is 7.33. The number of hydrogen-bond acceptors (Lipinski definition) is 3. The number of ether oxygens (including phenoxy) is 1. The van der Waals surface area contributed by atoms with Crippen LogP contribution in [0, 0.1) is 0 Å². The van der Waals surface area contributed by atoms with Crippen LogP contribution < -0.4 is 9.46 Å². The summed E-state index contributed by atoms with van der Waals surface area (Å²) in [6, 6.07) is 4.58. The molecule has 0 radical (unpaired) electrons. The van der Waals surface area contributed by atoms with Crippen molar-refractivity contribution in [1.82, 2.24) is 4.72 Å². The topological polar surface area (TPSA) is 55.4 Å². The number of benzene rings is 1. The van der Waals surface area contributed by atoms with Gasteiger partial charge in [0, 0.05) is 6.04 Å². The van der Waals surface area contributed by atoms with Gasteiger partial charge in [0.1, 0.15) is 5.75 Å². The molecule has 1 fully saturated rings. The Labute approximate surface area is 106 Å². The van der Waals surface area contributed by atoms with Gasteiger partial charge in [0.05, 0.1) is 16.5 Å². The van der Waals surface area contributed by atoms with E-state index < -0.39 is 10.0 Å². The molecule has 0 bridgehead atoms. The molecule has 6 heteroatoms. The summed E-state index contributed by atoms with van der Waals surface area (Å²) in [5.74, 6) is 0.500. The zero-order valence-electron chi connectivity index (χ0n) is 9.44. The van der Waals surface area contributed by atoms with Gasteiger partial charge < -0.3 is 4.74 Å².